The number of anilines is 1. The van der Waals surface area contributed by atoms with Gasteiger partial charge in [-0.3, -0.25) is 10.6 Å². The van der Waals surface area contributed by atoms with Crippen LogP contribution in [0, 0.1) is 17.6 Å². The lowest BCUT2D eigenvalue weighted by Gasteiger charge is -2.21. The van der Waals surface area contributed by atoms with Crippen molar-refractivity contribution in [3.05, 3.63) is 29.3 Å². The summed E-state index contributed by atoms with van der Waals surface area (Å²) in [4.78, 5) is 16.0. The van der Waals surface area contributed by atoms with Crippen LogP contribution in [0.25, 0.3) is 0 Å². The van der Waals surface area contributed by atoms with Crippen LogP contribution in [-0.2, 0) is 0 Å². The number of halogens is 2. The van der Waals surface area contributed by atoms with Crippen molar-refractivity contribution in [2.75, 3.05) is 39.2 Å². The Balaban J connectivity index is 2.08. The number of rotatable bonds is 4. The van der Waals surface area contributed by atoms with Crippen LogP contribution >= 0.6 is 0 Å². The molecule has 116 valence electrons. The second-order valence-corrected chi connectivity index (χ2v) is 5.56. The molecular formula is C14H20F2N4O. The Morgan fingerprint density at radius 3 is 2.57 bits per heavy atom. The minimum atomic E-state index is -0.880. The highest BCUT2D eigenvalue weighted by Crippen LogP contribution is 2.21. The van der Waals surface area contributed by atoms with Gasteiger partial charge < -0.3 is 15.2 Å². The first kappa shape index (κ1) is 15.7. The Kier molecular flexibility index (Phi) is 4.74. The number of carbonyl (C=O) groups is 1. The van der Waals surface area contributed by atoms with Crippen molar-refractivity contribution >= 4 is 11.6 Å². The fourth-order valence-electron chi connectivity index (χ4n) is 2.70. The Labute approximate surface area is 122 Å². The van der Waals surface area contributed by atoms with Crippen molar-refractivity contribution in [3.63, 3.8) is 0 Å². The quantitative estimate of drug-likeness (QED) is 0.649. The summed E-state index contributed by atoms with van der Waals surface area (Å²) in [5.41, 5.74) is 1.49. The first-order valence-electron chi connectivity index (χ1n) is 6.82. The van der Waals surface area contributed by atoms with Crippen LogP contribution in [0.2, 0.25) is 0 Å². The number of nitrogens with zero attached hydrogens (tertiary/aromatic N) is 2. The monoisotopic (exact) mass is 298 g/mol. The normalized spacial score (nSPS) is 18.8. The van der Waals surface area contributed by atoms with Gasteiger partial charge in [-0.1, -0.05) is 0 Å². The van der Waals surface area contributed by atoms with Gasteiger partial charge in [0.05, 0.1) is 0 Å². The van der Waals surface area contributed by atoms with Crippen molar-refractivity contribution in [1.29, 1.82) is 0 Å². The van der Waals surface area contributed by atoms with E-state index in [1.165, 1.54) is 4.90 Å². The highest BCUT2D eigenvalue weighted by molar-refractivity contribution is 5.94. The summed E-state index contributed by atoms with van der Waals surface area (Å²) in [5, 5.41) is 0. The molecule has 1 fully saturated rings. The van der Waals surface area contributed by atoms with Crippen LogP contribution in [0.5, 0.6) is 0 Å². The fraction of sp³-hybridized carbons (Fsp3) is 0.500. The average molecular weight is 298 g/mol. The molecule has 0 spiro atoms. The Morgan fingerprint density at radius 1 is 1.48 bits per heavy atom. The minimum absolute atomic E-state index is 0.0159. The molecule has 5 nitrogen and oxygen atoms in total. The van der Waals surface area contributed by atoms with E-state index in [4.69, 9.17) is 5.84 Å². The van der Waals surface area contributed by atoms with Gasteiger partial charge in [0.15, 0.2) is 11.6 Å². The second-order valence-electron chi connectivity index (χ2n) is 5.56. The Bertz CT molecular complexity index is 515. The molecule has 1 aliphatic heterocycles. The molecule has 0 radical (unpaired) electrons. The molecule has 0 aliphatic carbocycles. The molecule has 1 amide bonds. The lowest BCUT2D eigenvalue weighted by Crippen LogP contribution is -2.33. The van der Waals surface area contributed by atoms with Crippen LogP contribution in [0.15, 0.2) is 12.1 Å². The van der Waals surface area contributed by atoms with Gasteiger partial charge in [-0.25, -0.2) is 8.78 Å². The van der Waals surface area contributed by atoms with Crippen LogP contribution in [-0.4, -0.2) is 49.4 Å². The van der Waals surface area contributed by atoms with E-state index >= 15 is 0 Å². The van der Waals surface area contributed by atoms with Gasteiger partial charge in [-0.15, -0.1) is 0 Å². The van der Waals surface area contributed by atoms with E-state index in [0.29, 0.717) is 12.5 Å². The molecule has 1 aromatic rings. The molecule has 1 heterocycles. The molecule has 1 aromatic carbocycles. The van der Waals surface area contributed by atoms with Gasteiger partial charge in [0.25, 0.3) is 5.91 Å². The molecule has 1 aliphatic rings. The van der Waals surface area contributed by atoms with E-state index in [9.17, 15) is 13.6 Å². The van der Waals surface area contributed by atoms with E-state index < -0.39 is 23.2 Å². The standard InChI is InChI=1S/C14H20F2N4O/c1-19-4-3-9(7-19)8-20(2)14(21)10-5-11(15)13(18-17)12(16)6-10/h5-6,9,18H,3-4,7-8,17H2,1-2H3. The maximum atomic E-state index is 13.6. The second kappa shape index (κ2) is 6.36. The smallest absolute Gasteiger partial charge is 0.253 e. The topological polar surface area (TPSA) is 61.6 Å². The number of carbonyl (C=O) groups excluding carboxylic acids is 1. The predicted molar refractivity (Wildman–Crippen MR) is 76.7 cm³/mol. The first-order chi connectivity index (χ1) is 9.92. The van der Waals surface area contributed by atoms with E-state index in [0.717, 1.165) is 31.6 Å². The average Bonchev–Trinajstić information content (AvgIpc) is 2.82. The highest BCUT2D eigenvalue weighted by Gasteiger charge is 2.24. The summed E-state index contributed by atoms with van der Waals surface area (Å²) in [6, 6.07) is 2.00. The van der Waals surface area contributed by atoms with Gasteiger partial charge in [0.1, 0.15) is 5.69 Å². The minimum Gasteiger partial charge on any atom is -0.341 e. The Morgan fingerprint density at radius 2 is 2.10 bits per heavy atom. The largest absolute Gasteiger partial charge is 0.341 e. The molecule has 1 saturated heterocycles. The van der Waals surface area contributed by atoms with Crippen molar-refractivity contribution in [2.24, 2.45) is 11.8 Å². The van der Waals surface area contributed by atoms with E-state index in [-0.39, 0.29) is 5.56 Å². The molecule has 21 heavy (non-hydrogen) atoms. The van der Waals surface area contributed by atoms with Gasteiger partial charge >= 0.3 is 0 Å². The highest BCUT2D eigenvalue weighted by atomic mass is 19.1. The molecule has 3 N–H and O–H groups in total. The van der Waals surface area contributed by atoms with Crippen LogP contribution in [0.1, 0.15) is 16.8 Å². The van der Waals surface area contributed by atoms with Crippen molar-refractivity contribution < 1.29 is 13.6 Å². The summed E-state index contributed by atoms with van der Waals surface area (Å²) in [5.74, 6) is 3.26. The number of hydrazine groups is 1. The predicted octanol–water partition coefficient (Wildman–Crippen LogP) is 1.27. The maximum Gasteiger partial charge on any atom is 0.253 e. The summed E-state index contributed by atoms with van der Waals surface area (Å²) in [6.07, 6.45) is 1.02. The molecule has 7 heteroatoms. The SMILES string of the molecule is CN1CCC(CN(C)C(=O)c2cc(F)c(NN)c(F)c2)C1. The zero-order valence-electron chi connectivity index (χ0n) is 12.2. The first-order valence-corrected chi connectivity index (χ1v) is 6.82. The summed E-state index contributed by atoms with van der Waals surface area (Å²) < 4.78 is 27.3. The van der Waals surface area contributed by atoms with Gasteiger partial charge in [0.2, 0.25) is 0 Å². The van der Waals surface area contributed by atoms with E-state index in [1.54, 1.807) is 7.05 Å². The summed E-state index contributed by atoms with van der Waals surface area (Å²) in [6.45, 7) is 2.51. The molecular weight excluding hydrogens is 278 g/mol. The van der Waals surface area contributed by atoms with E-state index in [1.807, 2.05) is 12.5 Å². The number of nitrogens with one attached hydrogen (secondary N) is 1. The van der Waals surface area contributed by atoms with Gasteiger partial charge in [0, 0.05) is 25.7 Å². The molecule has 1 atom stereocenters. The van der Waals surface area contributed by atoms with Crippen molar-refractivity contribution in [3.8, 4) is 0 Å². The molecule has 0 saturated carbocycles. The van der Waals surface area contributed by atoms with E-state index in [2.05, 4.69) is 4.90 Å². The Hall–Kier alpha value is -1.73. The van der Waals surface area contributed by atoms with Crippen LogP contribution in [0.4, 0.5) is 14.5 Å². The molecule has 0 aromatic heterocycles. The zero-order valence-corrected chi connectivity index (χ0v) is 12.2. The number of hydrogen-bond acceptors (Lipinski definition) is 4. The molecule has 2 rings (SSSR count). The zero-order chi connectivity index (χ0) is 15.6. The number of hydrogen-bond donors (Lipinski definition) is 2. The third-order valence-corrected chi connectivity index (χ3v) is 3.80. The van der Waals surface area contributed by atoms with Gasteiger partial charge in [-0.05, 0) is 38.1 Å². The number of nitrogens with two attached hydrogens (primary N) is 1. The van der Waals surface area contributed by atoms with Crippen molar-refractivity contribution in [1.82, 2.24) is 9.80 Å². The fourth-order valence-corrected chi connectivity index (χ4v) is 2.70. The lowest BCUT2D eigenvalue weighted by atomic mass is 10.1. The third-order valence-electron chi connectivity index (χ3n) is 3.80. The van der Waals surface area contributed by atoms with Gasteiger partial charge in [-0.2, -0.15) is 0 Å². The van der Waals surface area contributed by atoms with Crippen molar-refractivity contribution in [2.45, 2.75) is 6.42 Å². The lowest BCUT2D eigenvalue weighted by molar-refractivity contribution is 0.0773. The molecule has 0 bridgehead atoms. The number of amides is 1. The third kappa shape index (κ3) is 3.48. The number of nitrogen functional groups attached to an aromatic ring is 1. The summed E-state index contributed by atoms with van der Waals surface area (Å²) >= 11 is 0. The maximum absolute atomic E-state index is 13.6. The van der Waals surface area contributed by atoms with Crippen LogP contribution < -0.4 is 11.3 Å². The number of likely N-dealkylation sites (tertiary alicyclic amines) is 1. The molecule has 1 unspecified atom stereocenters. The number of benzene rings is 1. The summed E-state index contributed by atoms with van der Waals surface area (Å²) in [7, 11) is 3.68. The van der Waals surface area contributed by atoms with Crippen LogP contribution in [0.3, 0.4) is 0 Å².